The summed E-state index contributed by atoms with van der Waals surface area (Å²) in [5, 5.41) is 0. The van der Waals surface area contributed by atoms with Gasteiger partial charge in [-0.3, -0.25) is 4.79 Å². The molecule has 0 radical (unpaired) electrons. The molecule has 0 aliphatic heterocycles. The predicted molar refractivity (Wildman–Crippen MR) is 52.0 cm³/mol. The minimum atomic E-state index is -5.57. The number of sulfonamides is 1. The van der Waals surface area contributed by atoms with Gasteiger partial charge >= 0.3 is 15.5 Å². The molecule has 2 bridgehead atoms. The molecule has 1 saturated carbocycles. The van der Waals surface area contributed by atoms with E-state index < -0.39 is 27.4 Å². The molecule has 3 unspecified atom stereocenters. The van der Waals surface area contributed by atoms with Gasteiger partial charge in [0.2, 0.25) is 5.91 Å². The monoisotopic (exact) mass is 269 g/mol. The first-order chi connectivity index (χ1) is 7.71. The van der Waals surface area contributed by atoms with Crippen molar-refractivity contribution in [3.05, 3.63) is 12.2 Å². The first-order valence-corrected chi connectivity index (χ1v) is 6.50. The largest absolute Gasteiger partial charge is 0.516 e. The first kappa shape index (κ1) is 12.4. The molecule has 2 aliphatic rings. The van der Waals surface area contributed by atoms with E-state index in [0.29, 0.717) is 12.8 Å². The molecular formula is C9H10F3NO3S. The molecule has 2 rings (SSSR count). The van der Waals surface area contributed by atoms with Gasteiger partial charge in [-0.05, 0) is 24.7 Å². The maximum Gasteiger partial charge on any atom is 0.516 e. The summed E-state index contributed by atoms with van der Waals surface area (Å²) in [6, 6.07) is 0. The highest BCUT2D eigenvalue weighted by Crippen LogP contribution is 2.43. The topological polar surface area (TPSA) is 63.2 Å². The Labute approximate surface area is 95.9 Å². The second-order valence-electron chi connectivity index (χ2n) is 4.30. The Kier molecular flexibility index (Phi) is 2.72. The zero-order valence-electron chi connectivity index (χ0n) is 8.57. The van der Waals surface area contributed by atoms with Crippen molar-refractivity contribution in [1.82, 2.24) is 4.72 Å². The van der Waals surface area contributed by atoms with Crippen LogP contribution >= 0.6 is 0 Å². The summed E-state index contributed by atoms with van der Waals surface area (Å²) >= 11 is 0. The lowest BCUT2D eigenvalue weighted by molar-refractivity contribution is -0.124. The lowest BCUT2D eigenvalue weighted by Gasteiger charge is -2.18. The number of amides is 1. The van der Waals surface area contributed by atoms with E-state index in [-0.39, 0.29) is 11.8 Å². The van der Waals surface area contributed by atoms with Gasteiger partial charge in [0.25, 0.3) is 0 Å². The Morgan fingerprint density at radius 2 is 1.88 bits per heavy atom. The van der Waals surface area contributed by atoms with Crippen LogP contribution in [0.3, 0.4) is 0 Å². The molecule has 0 heterocycles. The summed E-state index contributed by atoms with van der Waals surface area (Å²) in [4.78, 5) is 11.5. The summed E-state index contributed by atoms with van der Waals surface area (Å²) < 4.78 is 58.8. The average molecular weight is 269 g/mol. The van der Waals surface area contributed by atoms with Gasteiger partial charge in [-0.25, -0.2) is 4.72 Å². The zero-order chi connectivity index (χ0) is 12.8. The Hall–Kier alpha value is -1.05. The van der Waals surface area contributed by atoms with Crippen LogP contribution in [-0.4, -0.2) is 19.8 Å². The van der Waals surface area contributed by atoms with Crippen LogP contribution in [0.2, 0.25) is 0 Å². The Morgan fingerprint density at radius 1 is 1.24 bits per heavy atom. The third-order valence-electron chi connectivity index (χ3n) is 3.16. The van der Waals surface area contributed by atoms with E-state index in [2.05, 4.69) is 0 Å². The van der Waals surface area contributed by atoms with Gasteiger partial charge in [-0.1, -0.05) is 12.2 Å². The fraction of sp³-hybridized carbons (Fsp3) is 0.667. The summed E-state index contributed by atoms with van der Waals surface area (Å²) in [6.07, 6.45) is 4.80. The Bertz CT molecular complexity index is 468. The van der Waals surface area contributed by atoms with Crippen LogP contribution in [0.25, 0.3) is 0 Å². The first-order valence-electron chi connectivity index (χ1n) is 5.02. The minimum absolute atomic E-state index is 0.136. The Balaban J connectivity index is 2.06. The highest BCUT2D eigenvalue weighted by Gasteiger charge is 2.49. The zero-order valence-corrected chi connectivity index (χ0v) is 9.38. The van der Waals surface area contributed by atoms with Crippen molar-refractivity contribution in [2.75, 3.05) is 0 Å². The molecule has 96 valence electrons. The molecule has 17 heavy (non-hydrogen) atoms. The lowest BCUT2D eigenvalue weighted by atomic mass is 9.93. The van der Waals surface area contributed by atoms with E-state index in [9.17, 15) is 26.4 Å². The normalized spacial score (nSPS) is 31.8. The van der Waals surface area contributed by atoms with Crippen LogP contribution in [0.1, 0.15) is 12.8 Å². The fourth-order valence-electron chi connectivity index (χ4n) is 2.35. The van der Waals surface area contributed by atoms with Crippen molar-refractivity contribution in [2.24, 2.45) is 17.8 Å². The van der Waals surface area contributed by atoms with E-state index in [0.717, 1.165) is 4.72 Å². The van der Waals surface area contributed by atoms with E-state index in [1.807, 2.05) is 6.08 Å². The van der Waals surface area contributed by atoms with Gasteiger partial charge in [-0.2, -0.15) is 21.6 Å². The van der Waals surface area contributed by atoms with Crippen LogP contribution in [0.15, 0.2) is 12.2 Å². The number of fused-ring (bicyclic) bond motifs is 2. The standard InChI is InChI=1S/C9H10F3NO3S/c10-9(11,12)17(15,16)13-8(14)7-4-5-1-2-6(7)3-5/h1-2,5-7H,3-4H2,(H,13,14). The predicted octanol–water partition coefficient (Wildman–Crippen LogP) is 1.16. The summed E-state index contributed by atoms with van der Waals surface area (Å²) in [7, 11) is -5.57. The SMILES string of the molecule is O=C(NS(=O)(=O)C(F)(F)F)C1CC2C=CC1C2. The molecule has 1 fully saturated rings. The van der Waals surface area contributed by atoms with Crippen molar-refractivity contribution >= 4 is 15.9 Å². The number of carbonyl (C=O) groups is 1. The molecule has 0 aromatic rings. The number of hydrogen-bond donors (Lipinski definition) is 1. The van der Waals surface area contributed by atoms with Crippen molar-refractivity contribution in [2.45, 2.75) is 18.3 Å². The highest BCUT2D eigenvalue weighted by molar-refractivity contribution is 7.90. The maximum atomic E-state index is 12.1. The molecule has 3 atom stereocenters. The van der Waals surface area contributed by atoms with Crippen LogP contribution in [0.5, 0.6) is 0 Å². The highest BCUT2D eigenvalue weighted by atomic mass is 32.2. The van der Waals surface area contributed by atoms with Crippen molar-refractivity contribution in [3.63, 3.8) is 0 Å². The number of carbonyl (C=O) groups excluding carboxylic acids is 1. The number of rotatable bonds is 2. The molecule has 1 N–H and O–H groups in total. The number of allylic oxidation sites excluding steroid dienone is 2. The number of nitrogens with one attached hydrogen (secondary N) is 1. The third-order valence-corrected chi connectivity index (χ3v) is 4.23. The molecule has 4 nitrogen and oxygen atoms in total. The van der Waals surface area contributed by atoms with E-state index in [1.54, 1.807) is 6.08 Å². The summed E-state index contributed by atoms with van der Waals surface area (Å²) in [6.45, 7) is 0. The molecule has 0 aromatic heterocycles. The smallest absolute Gasteiger partial charge is 0.274 e. The van der Waals surface area contributed by atoms with Gasteiger partial charge in [0.1, 0.15) is 0 Å². The van der Waals surface area contributed by atoms with Gasteiger partial charge in [-0.15, -0.1) is 0 Å². The van der Waals surface area contributed by atoms with Gasteiger partial charge in [0.05, 0.1) is 0 Å². The quantitative estimate of drug-likeness (QED) is 0.765. The molecule has 0 spiro atoms. The molecular weight excluding hydrogens is 259 g/mol. The lowest BCUT2D eigenvalue weighted by Crippen LogP contribution is -2.43. The van der Waals surface area contributed by atoms with E-state index in [1.165, 1.54) is 0 Å². The second kappa shape index (κ2) is 3.72. The number of halogens is 3. The van der Waals surface area contributed by atoms with Crippen molar-refractivity contribution < 1.29 is 26.4 Å². The molecule has 2 aliphatic carbocycles. The molecule has 1 amide bonds. The third kappa shape index (κ3) is 2.18. The van der Waals surface area contributed by atoms with Gasteiger partial charge in [0, 0.05) is 5.92 Å². The van der Waals surface area contributed by atoms with Crippen LogP contribution in [-0.2, 0) is 14.8 Å². The van der Waals surface area contributed by atoms with Crippen LogP contribution < -0.4 is 4.72 Å². The van der Waals surface area contributed by atoms with E-state index >= 15 is 0 Å². The number of hydrogen-bond acceptors (Lipinski definition) is 3. The number of alkyl halides is 3. The minimum Gasteiger partial charge on any atom is -0.274 e. The maximum absolute atomic E-state index is 12.1. The second-order valence-corrected chi connectivity index (χ2v) is 5.98. The average Bonchev–Trinajstić information content (AvgIpc) is 2.75. The van der Waals surface area contributed by atoms with Crippen LogP contribution in [0.4, 0.5) is 13.2 Å². The van der Waals surface area contributed by atoms with Gasteiger partial charge in [0.15, 0.2) is 0 Å². The Morgan fingerprint density at radius 3 is 2.29 bits per heavy atom. The summed E-state index contributed by atoms with van der Waals surface area (Å²) in [5.41, 5.74) is -5.45. The van der Waals surface area contributed by atoms with Crippen molar-refractivity contribution in [1.29, 1.82) is 0 Å². The molecule has 0 aromatic carbocycles. The molecule has 0 saturated heterocycles. The summed E-state index contributed by atoms with van der Waals surface area (Å²) in [5.74, 6) is -1.67. The van der Waals surface area contributed by atoms with Gasteiger partial charge < -0.3 is 0 Å². The molecule has 8 heteroatoms. The van der Waals surface area contributed by atoms with E-state index in [4.69, 9.17) is 0 Å². The van der Waals surface area contributed by atoms with Crippen LogP contribution in [0, 0.1) is 17.8 Å². The fourth-order valence-corrected chi connectivity index (χ4v) is 2.88. The van der Waals surface area contributed by atoms with Crippen molar-refractivity contribution in [3.8, 4) is 0 Å².